The molecule has 1 N–H and O–H groups in total. The van der Waals surface area contributed by atoms with Crippen LogP contribution in [-0.4, -0.2) is 4.55 Å². The van der Waals surface area contributed by atoms with E-state index in [2.05, 4.69) is 17.9 Å². The lowest BCUT2D eigenvalue weighted by Gasteiger charge is -2.28. The SMILES string of the molecule is C=CC(F)(F)c1cc(F)c(N[S+]([O-])C2=CCCCC(C3CCC3)=C2)cc1C(=C)C. The van der Waals surface area contributed by atoms with Crippen LogP contribution in [0.1, 0.15) is 56.6 Å². The van der Waals surface area contributed by atoms with E-state index in [0.717, 1.165) is 38.2 Å². The van der Waals surface area contributed by atoms with E-state index in [-0.39, 0.29) is 11.3 Å². The summed E-state index contributed by atoms with van der Waals surface area (Å²) in [5.41, 5.74) is 1.18. The summed E-state index contributed by atoms with van der Waals surface area (Å²) in [5.74, 6) is -3.73. The lowest BCUT2D eigenvalue weighted by atomic mass is 9.78. The number of halogens is 3. The highest BCUT2D eigenvalue weighted by molar-refractivity contribution is 7.96. The van der Waals surface area contributed by atoms with Gasteiger partial charge in [-0.25, -0.2) is 9.11 Å². The van der Waals surface area contributed by atoms with Crippen LogP contribution >= 0.6 is 0 Å². The molecule has 0 radical (unpaired) electrons. The molecule has 6 heteroatoms. The predicted octanol–water partition coefficient (Wildman–Crippen LogP) is 7.01. The lowest BCUT2D eigenvalue weighted by molar-refractivity contribution is 0.0519. The van der Waals surface area contributed by atoms with Crippen LogP contribution in [0, 0.1) is 11.7 Å². The third kappa shape index (κ3) is 4.81. The van der Waals surface area contributed by atoms with E-state index in [4.69, 9.17) is 0 Å². The zero-order chi connectivity index (χ0) is 21.2. The first-order chi connectivity index (χ1) is 13.7. The molecule has 1 aromatic carbocycles. The van der Waals surface area contributed by atoms with Gasteiger partial charge in [0, 0.05) is 5.56 Å². The maximum atomic E-state index is 14.6. The molecule has 0 saturated heterocycles. The van der Waals surface area contributed by atoms with Gasteiger partial charge in [-0.05, 0) is 80.9 Å². The maximum absolute atomic E-state index is 14.6. The summed E-state index contributed by atoms with van der Waals surface area (Å²) >= 11 is -1.69. The van der Waals surface area contributed by atoms with Crippen molar-refractivity contribution in [3.63, 3.8) is 0 Å². The van der Waals surface area contributed by atoms with Crippen molar-refractivity contribution in [2.45, 2.75) is 51.4 Å². The fraction of sp³-hybridized carbons (Fsp3) is 0.391. The van der Waals surface area contributed by atoms with Gasteiger partial charge in [0.15, 0.2) is 10.7 Å². The maximum Gasteiger partial charge on any atom is 0.292 e. The topological polar surface area (TPSA) is 35.1 Å². The van der Waals surface area contributed by atoms with Crippen molar-refractivity contribution in [3.05, 3.63) is 70.9 Å². The molecule has 2 aliphatic rings. The molecule has 0 aliphatic heterocycles. The van der Waals surface area contributed by atoms with Crippen molar-refractivity contribution in [1.82, 2.24) is 0 Å². The van der Waals surface area contributed by atoms with Gasteiger partial charge >= 0.3 is 0 Å². The Balaban J connectivity index is 1.89. The third-order valence-corrected chi connectivity index (χ3v) is 6.69. The molecule has 1 unspecified atom stereocenters. The van der Waals surface area contributed by atoms with Crippen LogP contribution in [-0.2, 0) is 17.3 Å². The Hall–Kier alpha value is -1.92. The van der Waals surface area contributed by atoms with E-state index in [9.17, 15) is 17.7 Å². The fourth-order valence-corrected chi connectivity index (χ4v) is 4.65. The molecule has 1 fully saturated rings. The summed E-state index contributed by atoms with van der Waals surface area (Å²) in [6, 6.07) is 2.01. The Morgan fingerprint density at radius 2 is 2.03 bits per heavy atom. The molecule has 2 aliphatic carbocycles. The van der Waals surface area contributed by atoms with Crippen molar-refractivity contribution in [2.75, 3.05) is 4.72 Å². The van der Waals surface area contributed by atoms with Crippen molar-refractivity contribution in [3.8, 4) is 0 Å². The third-order valence-electron chi connectivity index (χ3n) is 5.57. The molecular formula is C23H26F3NOS. The second-order valence-corrected chi connectivity index (χ2v) is 8.91. The minimum Gasteiger partial charge on any atom is -0.588 e. The van der Waals surface area contributed by atoms with Crippen LogP contribution in [0.4, 0.5) is 18.9 Å². The first-order valence-electron chi connectivity index (χ1n) is 9.83. The number of anilines is 1. The molecule has 156 valence electrons. The Kier molecular flexibility index (Phi) is 6.64. The van der Waals surface area contributed by atoms with Crippen LogP contribution in [0.15, 0.2) is 54.0 Å². The van der Waals surface area contributed by atoms with Gasteiger partial charge in [0.05, 0.1) is 0 Å². The van der Waals surface area contributed by atoms with Gasteiger partial charge in [0.1, 0.15) is 17.0 Å². The molecule has 0 bridgehead atoms. The Morgan fingerprint density at radius 1 is 1.31 bits per heavy atom. The molecule has 3 rings (SSSR count). The summed E-state index contributed by atoms with van der Waals surface area (Å²) in [5, 5.41) is 0. The molecule has 1 atom stereocenters. The normalized spacial score (nSPS) is 18.8. The second-order valence-electron chi connectivity index (χ2n) is 7.70. The van der Waals surface area contributed by atoms with Crippen LogP contribution in [0.25, 0.3) is 5.57 Å². The summed E-state index contributed by atoms with van der Waals surface area (Å²) < 4.78 is 58.5. The lowest BCUT2D eigenvalue weighted by Crippen LogP contribution is -2.18. The van der Waals surface area contributed by atoms with Crippen molar-refractivity contribution in [2.24, 2.45) is 5.92 Å². The Morgan fingerprint density at radius 3 is 2.62 bits per heavy atom. The Bertz CT molecular complexity index is 871. The van der Waals surface area contributed by atoms with E-state index < -0.39 is 28.7 Å². The van der Waals surface area contributed by atoms with E-state index in [1.54, 1.807) is 6.92 Å². The van der Waals surface area contributed by atoms with E-state index >= 15 is 0 Å². The average Bonchev–Trinajstić information content (AvgIpc) is 2.87. The molecule has 0 spiro atoms. The number of benzene rings is 1. The van der Waals surface area contributed by atoms with Crippen LogP contribution in [0.2, 0.25) is 0 Å². The highest BCUT2D eigenvalue weighted by atomic mass is 32.2. The highest BCUT2D eigenvalue weighted by Gasteiger charge is 2.32. The van der Waals surface area contributed by atoms with Gasteiger partial charge in [0.2, 0.25) is 0 Å². The number of hydrogen-bond acceptors (Lipinski definition) is 2. The standard InChI is InChI=1S/C23H26F3NOS/c1-4-23(25,26)20-14-21(24)22(13-19(20)15(2)3)27-29(28)18-11-6-5-8-17(12-18)16-9-7-10-16/h4,11-14,16,27H,1-2,5-10H2,3H3. The molecule has 0 amide bonds. The Labute approximate surface area is 173 Å². The molecular weight excluding hydrogens is 395 g/mol. The van der Waals surface area contributed by atoms with Crippen molar-refractivity contribution >= 4 is 22.6 Å². The quantitative estimate of drug-likeness (QED) is 0.380. The van der Waals surface area contributed by atoms with Crippen LogP contribution in [0.3, 0.4) is 0 Å². The van der Waals surface area contributed by atoms with Gasteiger partial charge in [-0.15, -0.1) is 0 Å². The summed E-state index contributed by atoms with van der Waals surface area (Å²) in [4.78, 5) is 0.612. The number of nitrogens with one attached hydrogen (secondary N) is 1. The summed E-state index contributed by atoms with van der Waals surface area (Å²) in [6.45, 7) is 8.42. The first kappa shape index (κ1) is 21.8. The second kappa shape index (κ2) is 8.84. The van der Waals surface area contributed by atoms with Gasteiger partial charge in [-0.2, -0.15) is 8.78 Å². The monoisotopic (exact) mass is 421 g/mol. The van der Waals surface area contributed by atoms with Crippen LogP contribution < -0.4 is 4.72 Å². The van der Waals surface area contributed by atoms with Gasteiger partial charge < -0.3 is 4.55 Å². The van der Waals surface area contributed by atoms with E-state index in [1.807, 2.05) is 12.2 Å². The minimum absolute atomic E-state index is 0.0892. The first-order valence-corrected chi connectivity index (χ1v) is 11.0. The fourth-order valence-electron chi connectivity index (χ4n) is 3.64. The zero-order valence-electron chi connectivity index (χ0n) is 16.6. The number of rotatable bonds is 7. The summed E-state index contributed by atoms with van der Waals surface area (Å²) in [6.07, 6.45) is 10.7. The highest BCUT2D eigenvalue weighted by Crippen LogP contribution is 2.39. The molecule has 0 heterocycles. The predicted molar refractivity (Wildman–Crippen MR) is 114 cm³/mol. The molecule has 1 saturated carbocycles. The molecule has 1 aromatic rings. The van der Waals surface area contributed by atoms with Crippen LogP contribution in [0.5, 0.6) is 0 Å². The van der Waals surface area contributed by atoms with Crippen molar-refractivity contribution < 1.29 is 17.7 Å². The van der Waals surface area contributed by atoms with Gasteiger partial charge in [0.25, 0.3) is 5.92 Å². The van der Waals surface area contributed by atoms with E-state index in [0.29, 0.717) is 22.5 Å². The number of alkyl halides is 2. The molecule has 2 nitrogen and oxygen atoms in total. The van der Waals surface area contributed by atoms with Gasteiger partial charge in [-0.1, -0.05) is 30.7 Å². The molecule has 29 heavy (non-hydrogen) atoms. The summed E-state index contributed by atoms with van der Waals surface area (Å²) in [7, 11) is 0. The smallest absolute Gasteiger partial charge is 0.292 e. The largest absolute Gasteiger partial charge is 0.588 e. The minimum atomic E-state index is -3.39. The molecule has 0 aromatic heterocycles. The van der Waals surface area contributed by atoms with Crippen molar-refractivity contribution in [1.29, 1.82) is 0 Å². The van der Waals surface area contributed by atoms with E-state index in [1.165, 1.54) is 18.1 Å². The zero-order valence-corrected chi connectivity index (χ0v) is 17.4. The van der Waals surface area contributed by atoms with Gasteiger partial charge in [-0.3, -0.25) is 0 Å². The average molecular weight is 422 g/mol. The number of allylic oxidation sites excluding steroid dienone is 5. The number of hydrogen-bond donors (Lipinski definition) is 1.